The zero-order valence-corrected chi connectivity index (χ0v) is 9.97. The lowest BCUT2D eigenvalue weighted by Gasteiger charge is -2.31. The Kier molecular flexibility index (Phi) is 2.62. The van der Waals surface area contributed by atoms with Crippen molar-refractivity contribution in [3.63, 3.8) is 0 Å². The van der Waals surface area contributed by atoms with Gasteiger partial charge in [0.05, 0.1) is 5.39 Å². The Labute approximate surface area is 104 Å². The molecule has 0 aromatic carbocycles. The Morgan fingerprint density at radius 2 is 2.17 bits per heavy atom. The molecule has 0 unspecified atom stereocenters. The summed E-state index contributed by atoms with van der Waals surface area (Å²) in [7, 11) is 0. The van der Waals surface area contributed by atoms with Crippen molar-refractivity contribution in [2.24, 2.45) is 11.7 Å². The number of carbonyl (C=O) groups excluding carboxylic acids is 1. The van der Waals surface area contributed by atoms with E-state index in [0.717, 1.165) is 42.8 Å². The zero-order valence-electron chi connectivity index (χ0n) is 9.97. The minimum Gasteiger partial charge on any atom is -0.369 e. The molecule has 0 aliphatic carbocycles. The van der Waals surface area contributed by atoms with Crippen molar-refractivity contribution in [1.82, 2.24) is 15.0 Å². The van der Waals surface area contributed by atoms with E-state index < -0.39 is 0 Å². The van der Waals surface area contributed by atoms with Gasteiger partial charge in [0, 0.05) is 25.2 Å². The molecule has 1 aliphatic rings. The molecule has 1 fully saturated rings. The number of nitrogens with two attached hydrogens (primary N) is 1. The molecule has 1 amide bonds. The van der Waals surface area contributed by atoms with E-state index in [0.29, 0.717) is 0 Å². The van der Waals surface area contributed by atoms with Crippen LogP contribution in [0.25, 0.3) is 11.0 Å². The second kappa shape index (κ2) is 4.29. The first-order valence-corrected chi connectivity index (χ1v) is 6.08. The summed E-state index contributed by atoms with van der Waals surface area (Å²) in [5.74, 6) is 0.748. The molecule has 2 aromatic heterocycles. The van der Waals surface area contributed by atoms with Gasteiger partial charge in [-0.1, -0.05) is 0 Å². The van der Waals surface area contributed by atoms with Gasteiger partial charge in [0.15, 0.2) is 0 Å². The number of primary amides is 1. The fourth-order valence-electron chi connectivity index (χ4n) is 2.49. The van der Waals surface area contributed by atoms with Crippen molar-refractivity contribution in [3.8, 4) is 0 Å². The minimum absolute atomic E-state index is 0.00445. The molecule has 18 heavy (non-hydrogen) atoms. The Hall–Kier alpha value is -2.11. The number of H-pyrrole nitrogens is 1. The van der Waals surface area contributed by atoms with Crippen molar-refractivity contribution in [2.45, 2.75) is 12.8 Å². The summed E-state index contributed by atoms with van der Waals surface area (Å²) in [5, 5.41) is 1.02. The summed E-state index contributed by atoms with van der Waals surface area (Å²) in [6, 6.07) is 1.98. The maximum absolute atomic E-state index is 11.1. The van der Waals surface area contributed by atoms with Crippen LogP contribution in [0.1, 0.15) is 12.8 Å². The van der Waals surface area contributed by atoms with Gasteiger partial charge >= 0.3 is 0 Å². The number of nitrogens with one attached hydrogen (secondary N) is 1. The van der Waals surface area contributed by atoms with E-state index >= 15 is 0 Å². The van der Waals surface area contributed by atoms with Gasteiger partial charge in [-0.05, 0) is 18.9 Å². The van der Waals surface area contributed by atoms with Crippen LogP contribution in [0.15, 0.2) is 18.6 Å². The summed E-state index contributed by atoms with van der Waals surface area (Å²) in [6.45, 7) is 1.62. The molecule has 3 N–H and O–H groups in total. The molecule has 1 saturated heterocycles. The largest absolute Gasteiger partial charge is 0.369 e. The van der Waals surface area contributed by atoms with Crippen molar-refractivity contribution in [1.29, 1.82) is 0 Å². The number of anilines is 1. The van der Waals surface area contributed by atoms with Crippen LogP contribution in [0.3, 0.4) is 0 Å². The number of fused-ring (bicyclic) bond motifs is 1. The Morgan fingerprint density at radius 1 is 1.39 bits per heavy atom. The molecule has 2 aromatic rings. The van der Waals surface area contributed by atoms with Crippen LogP contribution in [-0.4, -0.2) is 33.9 Å². The first-order chi connectivity index (χ1) is 8.75. The molecule has 0 bridgehead atoms. The fourth-order valence-corrected chi connectivity index (χ4v) is 2.49. The molecule has 1 aliphatic heterocycles. The van der Waals surface area contributed by atoms with E-state index in [1.807, 2.05) is 12.3 Å². The molecule has 0 saturated carbocycles. The SMILES string of the molecule is NC(=O)C1CCN(c2ncnc3[nH]ccc23)CC1. The van der Waals surface area contributed by atoms with E-state index in [1.165, 1.54) is 0 Å². The number of piperidine rings is 1. The van der Waals surface area contributed by atoms with E-state index in [2.05, 4.69) is 19.9 Å². The highest BCUT2D eigenvalue weighted by Gasteiger charge is 2.24. The van der Waals surface area contributed by atoms with Crippen LogP contribution >= 0.6 is 0 Å². The summed E-state index contributed by atoms with van der Waals surface area (Å²) in [4.78, 5) is 24.9. The number of nitrogens with zero attached hydrogens (tertiary/aromatic N) is 3. The number of aromatic nitrogens is 3. The van der Waals surface area contributed by atoms with Gasteiger partial charge in [0.25, 0.3) is 0 Å². The fraction of sp³-hybridized carbons (Fsp3) is 0.417. The molecule has 0 spiro atoms. The van der Waals surface area contributed by atoms with E-state index in [9.17, 15) is 4.79 Å². The maximum atomic E-state index is 11.1. The molecule has 0 atom stereocenters. The summed E-state index contributed by atoms with van der Waals surface area (Å²) >= 11 is 0. The van der Waals surface area contributed by atoms with Crippen LogP contribution < -0.4 is 10.6 Å². The predicted molar refractivity (Wildman–Crippen MR) is 68.0 cm³/mol. The maximum Gasteiger partial charge on any atom is 0.220 e. The number of aromatic amines is 1. The van der Waals surface area contributed by atoms with Gasteiger partial charge in [0.1, 0.15) is 17.8 Å². The van der Waals surface area contributed by atoms with Gasteiger partial charge in [-0.2, -0.15) is 0 Å². The van der Waals surface area contributed by atoms with Crippen LogP contribution in [0.2, 0.25) is 0 Å². The van der Waals surface area contributed by atoms with E-state index in [4.69, 9.17) is 5.73 Å². The van der Waals surface area contributed by atoms with E-state index in [1.54, 1.807) is 6.33 Å². The minimum atomic E-state index is -0.191. The summed E-state index contributed by atoms with van der Waals surface area (Å²) in [6.07, 6.45) is 5.02. The second-order valence-electron chi connectivity index (χ2n) is 4.60. The van der Waals surface area contributed by atoms with Crippen LogP contribution in [-0.2, 0) is 4.79 Å². The monoisotopic (exact) mass is 245 g/mol. The average Bonchev–Trinajstić information content (AvgIpc) is 2.87. The van der Waals surface area contributed by atoms with E-state index in [-0.39, 0.29) is 11.8 Å². The highest BCUT2D eigenvalue weighted by Crippen LogP contribution is 2.26. The molecular formula is C12H15N5O. The third-order valence-electron chi connectivity index (χ3n) is 3.53. The number of rotatable bonds is 2. The van der Waals surface area contributed by atoms with Crippen molar-refractivity contribution < 1.29 is 4.79 Å². The second-order valence-corrected chi connectivity index (χ2v) is 4.60. The number of carbonyl (C=O) groups is 1. The number of amides is 1. The van der Waals surface area contributed by atoms with Gasteiger partial charge in [-0.25, -0.2) is 9.97 Å². The van der Waals surface area contributed by atoms with Gasteiger partial charge in [0.2, 0.25) is 5.91 Å². The van der Waals surface area contributed by atoms with Gasteiger partial charge in [-0.15, -0.1) is 0 Å². The topological polar surface area (TPSA) is 87.9 Å². The molecule has 6 nitrogen and oxygen atoms in total. The molecule has 6 heteroatoms. The van der Waals surface area contributed by atoms with Crippen LogP contribution in [0.5, 0.6) is 0 Å². The predicted octanol–water partition coefficient (Wildman–Crippen LogP) is 0.660. The Bertz CT molecular complexity index is 571. The third-order valence-corrected chi connectivity index (χ3v) is 3.53. The summed E-state index contributed by atoms with van der Waals surface area (Å²) in [5.41, 5.74) is 6.18. The Balaban J connectivity index is 1.84. The third kappa shape index (κ3) is 1.79. The lowest BCUT2D eigenvalue weighted by atomic mass is 9.96. The highest BCUT2D eigenvalue weighted by molar-refractivity contribution is 5.87. The van der Waals surface area contributed by atoms with Crippen molar-refractivity contribution >= 4 is 22.8 Å². The Morgan fingerprint density at radius 3 is 2.89 bits per heavy atom. The van der Waals surface area contributed by atoms with Crippen LogP contribution in [0.4, 0.5) is 5.82 Å². The van der Waals surface area contributed by atoms with Gasteiger partial charge in [-0.3, -0.25) is 4.79 Å². The first-order valence-electron chi connectivity index (χ1n) is 6.08. The zero-order chi connectivity index (χ0) is 12.5. The molecule has 3 heterocycles. The molecule has 0 radical (unpaired) electrons. The standard InChI is InChI=1S/C12H15N5O/c13-10(18)8-2-5-17(6-3-8)12-9-1-4-14-11(9)15-7-16-12/h1,4,7-8H,2-3,5-6H2,(H2,13,18)(H,14,15,16). The molecule has 3 rings (SSSR count). The van der Waals surface area contributed by atoms with Gasteiger partial charge < -0.3 is 15.6 Å². The first kappa shape index (κ1) is 11.0. The highest BCUT2D eigenvalue weighted by atomic mass is 16.1. The number of hydrogen-bond donors (Lipinski definition) is 2. The van der Waals surface area contributed by atoms with Crippen molar-refractivity contribution in [3.05, 3.63) is 18.6 Å². The molecular weight excluding hydrogens is 230 g/mol. The lowest BCUT2D eigenvalue weighted by Crippen LogP contribution is -2.39. The number of hydrogen-bond acceptors (Lipinski definition) is 4. The lowest BCUT2D eigenvalue weighted by molar-refractivity contribution is -0.122. The molecule has 94 valence electrons. The quantitative estimate of drug-likeness (QED) is 0.813. The van der Waals surface area contributed by atoms with Crippen LogP contribution in [0, 0.1) is 5.92 Å². The smallest absolute Gasteiger partial charge is 0.220 e. The summed E-state index contributed by atoms with van der Waals surface area (Å²) < 4.78 is 0. The van der Waals surface area contributed by atoms with Crippen molar-refractivity contribution in [2.75, 3.05) is 18.0 Å². The average molecular weight is 245 g/mol. The normalized spacial score (nSPS) is 17.2.